The van der Waals surface area contributed by atoms with Crippen LogP contribution in [-0.4, -0.2) is 30.0 Å². The number of hydrogen-bond donors (Lipinski definition) is 0. The van der Waals surface area contributed by atoms with Gasteiger partial charge in [-0.15, -0.1) is 5.92 Å². The Labute approximate surface area is 79.6 Å². The highest BCUT2D eigenvalue weighted by molar-refractivity contribution is 5.48. The van der Waals surface area contributed by atoms with Crippen molar-refractivity contribution in [3.8, 4) is 11.8 Å². The summed E-state index contributed by atoms with van der Waals surface area (Å²) in [6, 6.07) is -0.0113. The first kappa shape index (κ1) is 10.1. The molecule has 1 aliphatic rings. The van der Waals surface area contributed by atoms with Crippen LogP contribution >= 0.6 is 0 Å². The largest absolute Gasteiger partial charge is 0.286 e. The van der Waals surface area contributed by atoms with Gasteiger partial charge in [0.15, 0.2) is 0 Å². The number of piperidine rings is 1. The minimum Gasteiger partial charge on any atom is -0.286 e. The van der Waals surface area contributed by atoms with Crippen LogP contribution in [0.25, 0.3) is 0 Å². The SMILES string of the molecule is CC#CC(C=C=O)N1CCCCC1. The lowest BCUT2D eigenvalue weighted by Gasteiger charge is -2.29. The molecule has 0 aromatic heterocycles. The van der Waals surface area contributed by atoms with E-state index < -0.39 is 0 Å². The van der Waals surface area contributed by atoms with Gasteiger partial charge < -0.3 is 0 Å². The average molecular weight is 177 g/mol. The zero-order chi connectivity index (χ0) is 9.52. The molecular weight excluding hydrogens is 162 g/mol. The molecule has 0 radical (unpaired) electrons. The Morgan fingerprint density at radius 2 is 2.00 bits per heavy atom. The minimum absolute atomic E-state index is 0.0113. The van der Waals surface area contributed by atoms with Crippen molar-refractivity contribution in [2.75, 3.05) is 13.1 Å². The first-order chi connectivity index (χ1) is 6.38. The van der Waals surface area contributed by atoms with Gasteiger partial charge in [0.05, 0.1) is 0 Å². The van der Waals surface area contributed by atoms with Crippen LogP contribution in [-0.2, 0) is 4.79 Å². The first-order valence-corrected chi connectivity index (χ1v) is 4.76. The van der Waals surface area contributed by atoms with Gasteiger partial charge >= 0.3 is 0 Å². The molecule has 1 saturated heterocycles. The van der Waals surface area contributed by atoms with Gasteiger partial charge in [0, 0.05) is 6.08 Å². The van der Waals surface area contributed by atoms with Gasteiger partial charge in [-0.2, -0.15) is 0 Å². The fraction of sp³-hybridized carbons (Fsp3) is 0.636. The van der Waals surface area contributed by atoms with Crippen LogP contribution in [0.3, 0.4) is 0 Å². The van der Waals surface area contributed by atoms with E-state index in [4.69, 9.17) is 0 Å². The Morgan fingerprint density at radius 1 is 1.31 bits per heavy atom. The molecule has 0 spiro atoms. The summed E-state index contributed by atoms with van der Waals surface area (Å²) in [6.45, 7) is 3.91. The monoisotopic (exact) mass is 177 g/mol. The second-order valence-electron chi connectivity index (χ2n) is 3.22. The molecule has 1 fully saturated rings. The van der Waals surface area contributed by atoms with Crippen LogP contribution in [0.4, 0.5) is 0 Å². The highest BCUT2D eigenvalue weighted by atomic mass is 16.1. The quantitative estimate of drug-likeness (QED) is 0.467. The molecule has 0 amide bonds. The third-order valence-corrected chi connectivity index (χ3v) is 2.30. The third-order valence-electron chi connectivity index (χ3n) is 2.30. The van der Waals surface area contributed by atoms with E-state index in [0.29, 0.717) is 0 Å². The average Bonchev–Trinajstić information content (AvgIpc) is 2.19. The maximum absolute atomic E-state index is 10.3. The molecule has 1 unspecified atom stereocenters. The molecule has 0 aromatic rings. The molecule has 1 atom stereocenters. The smallest absolute Gasteiger partial charge is 0.122 e. The topological polar surface area (TPSA) is 20.3 Å². The van der Waals surface area contributed by atoms with Gasteiger partial charge in [-0.3, -0.25) is 4.90 Å². The summed E-state index contributed by atoms with van der Waals surface area (Å²) in [7, 11) is 0. The number of carbonyl (C=O) groups excluding carboxylic acids is 1. The molecular formula is C11H15NO. The predicted octanol–water partition coefficient (Wildman–Crippen LogP) is 1.25. The first-order valence-electron chi connectivity index (χ1n) is 4.76. The third kappa shape index (κ3) is 3.06. The lowest BCUT2D eigenvalue weighted by molar-refractivity contribution is 0.221. The summed E-state index contributed by atoms with van der Waals surface area (Å²) in [4.78, 5) is 12.5. The van der Waals surface area contributed by atoms with Gasteiger partial charge in [-0.25, -0.2) is 4.79 Å². The number of likely N-dealkylation sites (tertiary alicyclic amines) is 1. The Kier molecular flexibility index (Phi) is 4.32. The summed E-state index contributed by atoms with van der Waals surface area (Å²) < 4.78 is 0. The van der Waals surface area contributed by atoms with Crippen molar-refractivity contribution in [3.05, 3.63) is 6.08 Å². The highest BCUT2D eigenvalue weighted by Gasteiger charge is 2.16. The number of rotatable bonds is 2. The van der Waals surface area contributed by atoms with Crippen molar-refractivity contribution < 1.29 is 4.79 Å². The Balaban J connectivity index is 2.60. The van der Waals surface area contributed by atoms with Gasteiger partial charge in [0.1, 0.15) is 12.0 Å². The molecule has 1 heterocycles. The van der Waals surface area contributed by atoms with Crippen LogP contribution in [0.15, 0.2) is 6.08 Å². The molecule has 1 aliphatic heterocycles. The Bertz CT molecular complexity index is 249. The van der Waals surface area contributed by atoms with Crippen molar-refractivity contribution in [3.63, 3.8) is 0 Å². The molecule has 0 aromatic carbocycles. The maximum atomic E-state index is 10.3. The van der Waals surface area contributed by atoms with E-state index in [0.717, 1.165) is 13.1 Å². The van der Waals surface area contributed by atoms with Crippen molar-refractivity contribution >= 4 is 5.94 Å². The normalized spacial score (nSPS) is 19.5. The highest BCUT2D eigenvalue weighted by Crippen LogP contribution is 2.11. The lowest BCUT2D eigenvalue weighted by atomic mass is 10.1. The van der Waals surface area contributed by atoms with E-state index in [1.807, 2.05) is 5.94 Å². The second-order valence-corrected chi connectivity index (χ2v) is 3.22. The van der Waals surface area contributed by atoms with Crippen molar-refractivity contribution in [1.82, 2.24) is 4.90 Å². The molecule has 2 heteroatoms. The van der Waals surface area contributed by atoms with Crippen LogP contribution in [0, 0.1) is 11.8 Å². The molecule has 70 valence electrons. The molecule has 0 bridgehead atoms. The summed E-state index contributed by atoms with van der Waals surface area (Å²) in [6.07, 6.45) is 5.25. The lowest BCUT2D eigenvalue weighted by Crippen LogP contribution is -2.37. The number of hydrogen-bond acceptors (Lipinski definition) is 2. The molecule has 0 N–H and O–H groups in total. The van der Waals surface area contributed by atoms with Crippen LogP contribution < -0.4 is 0 Å². The van der Waals surface area contributed by atoms with E-state index in [-0.39, 0.29) is 6.04 Å². The van der Waals surface area contributed by atoms with E-state index >= 15 is 0 Å². The van der Waals surface area contributed by atoms with E-state index in [1.165, 1.54) is 25.3 Å². The standard InChI is InChI=1S/C11H15NO/c1-2-6-11(7-10-13)12-8-4-3-5-9-12/h7,11H,3-5,8-9H2,1H3. The molecule has 13 heavy (non-hydrogen) atoms. The molecule has 0 aliphatic carbocycles. The zero-order valence-corrected chi connectivity index (χ0v) is 8.05. The number of nitrogens with zero attached hydrogens (tertiary/aromatic N) is 1. The summed E-state index contributed by atoms with van der Waals surface area (Å²) in [5, 5.41) is 0. The summed E-state index contributed by atoms with van der Waals surface area (Å²) in [5.74, 6) is 7.69. The van der Waals surface area contributed by atoms with Crippen LogP contribution in [0.1, 0.15) is 26.2 Å². The minimum atomic E-state index is -0.0113. The predicted molar refractivity (Wildman–Crippen MR) is 52.9 cm³/mol. The zero-order valence-electron chi connectivity index (χ0n) is 8.05. The van der Waals surface area contributed by atoms with Crippen LogP contribution in [0.2, 0.25) is 0 Å². The van der Waals surface area contributed by atoms with Gasteiger partial charge in [-0.05, 0) is 32.9 Å². The van der Waals surface area contributed by atoms with E-state index in [9.17, 15) is 4.79 Å². The van der Waals surface area contributed by atoms with Gasteiger partial charge in [-0.1, -0.05) is 12.3 Å². The maximum Gasteiger partial charge on any atom is 0.122 e. The van der Waals surface area contributed by atoms with Crippen molar-refractivity contribution in [1.29, 1.82) is 0 Å². The van der Waals surface area contributed by atoms with Gasteiger partial charge in [0.2, 0.25) is 0 Å². The molecule has 2 nitrogen and oxygen atoms in total. The Morgan fingerprint density at radius 3 is 2.54 bits per heavy atom. The van der Waals surface area contributed by atoms with Crippen molar-refractivity contribution in [2.45, 2.75) is 32.2 Å². The second kappa shape index (κ2) is 5.59. The van der Waals surface area contributed by atoms with E-state index in [1.54, 1.807) is 6.92 Å². The fourth-order valence-electron chi connectivity index (χ4n) is 1.65. The molecule has 1 rings (SSSR count). The summed E-state index contributed by atoms with van der Waals surface area (Å²) >= 11 is 0. The van der Waals surface area contributed by atoms with Crippen molar-refractivity contribution in [2.24, 2.45) is 0 Å². The summed E-state index contributed by atoms with van der Waals surface area (Å²) in [5.41, 5.74) is 0. The van der Waals surface area contributed by atoms with Crippen LogP contribution in [0.5, 0.6) is 0 Å². The molecule has 0 saturated carbocycles. The van der Waals surface area contributed by atoms with E-state index in [2.05, 4.69) is 16.7 Å². The Hall–Kier alpha value is -1.03. The van der Waals surface area contributed by atoms with Gasteiger partial charge in [0.25, 0.3) is 0 Å². The fourth-order valence-corrected chi connectivity index (χ4v) is 1.65.